The highest BCUT2D eigenvalue weighted by molar-refractivity contribution is 9.11. The molecule has 0 aliphatic heterocycles. The van der Waals surface area contributed by atoms with Gasteiger partial charge >= 0.3 is 0 Å². The van der Waals surface area contributed by atoms with Crippen molar-refractivity contribution >= 4 is 15.9 Å². The van der Waals surface area contributed by atoms with Crippen molar-refractivity contribution in [2.24, 2.45) is 7.05 Å². The average Bonchev–Trinajstić information content (AvgIpc) is 2.45. The van der Waals surface area contributed by atoms with Crippen LogP contribution < -0.4 is 5.32 Å². The first kappa shape index (κ1) is 11.5. The maximum Gasteiger partial charge on any atom is 0.0666 e. The van der Waals surface area contributed by atoms with Gasteiger partial charge in [-0.2, -0.15) is 5.10 Å². The Morgan fingerprint density at radius 1 is 1.71 bits per heavy atom. The Morgan fingerprint density at radius 3 is 3.00 bits per heavy atom. The molecule has 0 amide bonds. The third-order valence-electron chi connectivity index (χ3n) is 1.96. The van der Waals surface area contributed by atoms with Crippen LogP contribution in [-0.4, -0.2) is 16.3 Å². The first-order valence-electron chi connectivity index (χ1n) is 4.69. The number of aryl methyl sites for hydroxylation is 2. The smallest absolute Gasteiger partial charge is 0.0666 e. The van der Waals surface area contributed by atoms with Crippen LogP contribution in [0.25, 0.3) is 0 Å². The number of hydrogen-bond acceptors (Lipinski definition) is 2. The molecule has 1 aromatic heterocycles. The molecule has 78 valence electrons. The van der Waals surface area contributed by atoms with Crippen molar-refractivity contribution in [2.75, 3.05) is 6.54 Å². The molecule has 0 saturated heterocycles. The van der Waals surface area contributed by atoms with Gasteiger partial charge in [0.05, 0.1) is 5.69 Å². The zero-order valence-corrected chi connectivity index (χ0v) is 10.3. The molecule has 1 rings (SSSR count). The third kappa shape index (κ3) is 3.27. The lowest BCUT2D eigenvalue weighted by Gasteiger charge is -2.02. The second kappa shape index (κ2) is 5.32. The summed E-state index contributed by atoms with van der Waals surface area (Å²) >= 11 is 3.31. The standard InChI is InChI=1S/C10H16BrN3/c1-4-10-9(7-14(3)13-10)6-12-5-8(2)11/h7,12H,2,4-6H2,1,3H3. The van der Waals surface area contributed by atoms with Crippen LogP contribution in [0.4, 0.5) is 0 Å². The molecule has 1 heterocycles. The SMILES string of the molecule is C=C(Br)CNCc1cn(C)nc1CC. The van der Waals surface area contributed by atoms with Crippen LogP contribution in [0.1, 0.15) is 18.2 Å². The van der Waals surface area contributed by atoms with E-state index in [2.05, 4.69) is 46.0 Å². The van der Waals surface area contributed by atoms with Crippen molar-refractivity contribution in [3.05, 3.63) is 28.5 Å². The highest BCUT2D eigenvalue weighted by Crippen LogP contribution is 2.07. The van der Waals surface area contributed by atoms with E-state index in [-0.39, 0.29) is 0 Å². The zero-order valence-electron chi connectivity index (χ0n) is 8.68. The number of nitrogens with zero attached hydrogens (tertiary/aromatic N) is 2. The predicted molar refractivity (Wildman–Crippen MR) is 62.4 cm³/mol. The van der Waals surface area contributed by atoms with E-state index >= 15 is 0 Å². The lowest BCUT2D eigenvalue weighted by Crippen LogP contribution is -2.14. The van der Waals surface area contributed by atoms with Crippen LogP contribution in [0, 0.1) is 0 Å². The maximum absolute atomic E-state index is 4.37. The molecule has 0 radical (unpaired) electrons. The summed E-state index contributed by atoms with van der Waals surface area (Å²) in [7, 11) is 1.95. The van der Waals surface area contributed by atoms with Gasteiger partial charge in [-0.3, -0.25) is 4.68 Å². The molecular weight excluding hydrogens is 242 g/mol. The zero-order chi connectivity index (χ0) is 10.6. The minimum atomic E-state index is 0.790. The number of halogens is 1. The maximum atomic E-state index is 4.37. The van der Waals surface area contributed by atoms with Crippen LogP contribution in [0.3, 0.4) is 0 Å². The number of aromatic nitrogens is 2. The van der Waals surface area contributed by atoms with E-state index in [9.17, 15) is 0 Å². The summed E-state index contributed by atoms with van der Waals surface area (Å²) in [5.74, 6) is 0. The second-order valence-electron chi connectivity index (χ2n) is 3.25. The summed E-state index contributed by atoms with van der Waals surface area (Å²) in [4.78, 5) is 0. The Morgan fingerprint density at radius 2 is 2.43 bits per heavy atom. The average molecular weight is 258 g/mol. The summed E-state index contributed by atoms with van der Waals surface area (Å²) < 4.78 is 2.83. The Labute approximate surface area is 93.3 Å². The molecule has 1 aromatic rings. The molecule has 0 spiro atoms. The molecular formula is C10H16BrN3. The topological polar surface area (TPSA) is 29.9 Å². The van der Waals surface area contributed by atoms with E-state index in [0.29, 0.717) is 0 Å². The van der Waals surface area contributed by atoms with Crippen molar-refractivity contribution in [1.82, 2.24) is 15.1 Å². The van der Waals surface area contributed by atoms with Gasteiger partial charge in [0, 0.05) is 36.4 Å². The van der Waals surface area contributed by atoms with Crippen molar-refractivity contribution in [1.29, 1.82) is 0 Å². The molecule has 3 nitrogen and oxygen atoms in total. The van der Waals surface area contributed by atoms with Crippen molar-refractivity contribution in [3.63, 3.8) is 0 Å². The third-order valence-corrected chi connectivity index (χ3v) is 2.24. The molecule has 0 fully saturated rings. The molecule has 4 heteroatoms. The van der Waals surface area contributed by atoms with Gasteiger partial charge in [-0.05, 0) is 6.42 Å². The van der Waals surface area contributed by atoms with E-state index in [1.165, 1.54) is 11.3 Å². The molecule has 0 unspecified atom stereocenters. The Kier molecular flexibility index (Phi) is 4.35. The largest absolute Gasteiger partial charge is 0.308 e. The second-order valence-corrected chi connectivity index (χ2v) is 4.37. The first-order chi connectivity index (χ1) is 6.63. The van der Waals surface area contributed by atoms with E-state index in [0.717, 1.165) is 24.0 Å². The van der Waals surface area contributed by atoms with Gasteiger partial charge < -0.3 is 5.32 Å². The van der Waals surface area contributed by atoms with Crippen LogP contribution in [0.2, 0.25) is 0 Å². The van der Waals surface area contributed by atoms with Crippen molar-refractivity contribution < 1.29 is 0 Å². The lowest BCUT2D eigenvalue weighted by atomic mass is 10.2. The normalized spacial score (nSPS) is 10.5. The minimum Gasteiger partial charge on any atom is -0.308 e. The van der Waals surface area contributed by atoms with Crippen molar-refractivity contribution in [2.45, 2.75) is 19.9 Å². The lowest BCUT2D eigenvalue weighted by molar-refractivity contribution is 0.746. The molecule has 1 N–H and O–H groups in total. The highest BCUT2D eigenvalue weighted by Gasteiger charge is 2.04. The molecule has 0 aliphatic carbocycles. The van der Waals surface area contributed by atoms with Gasteiger partial charge in [0.1, 0.15) is 0 Å². The van der Waals surface area contributed by atoms with Gasteiger partial charge in [0.2, 0.25) is 0 Å². The van der Waals surface area contributed by atoms with Crippen LogP contribution in [0.15, 0.2) is 17.3 Å². The fraction of sp³-hybridized carbons (Fsp3) is 0.500. The summed E-state index contributed by atoms with van der Waals surface area (Å²) in [6.45, 7) is 7.53. The summed E-state index contributed by atoms with van der Waals surface area (Å²) in [5.41, 5.74) is 2.43. The summed E-state index contributed by atoms with van der Waals surface area (Å²) in [6.07, 6.45) is 3.04. The minimum absolute atomic E-state index is 0.790. The molecule has 0 aliphatic rings. The summed E-state index contributed by atoms with van der Waals surface area (Å²) in [6, 6.07) is 0. The first-order valence-corrected chi connectivity index (χ1v) is 5.48. The fourth-order valence-electron chi connectivity index (χ4n) is 1.36. The van der Waals surface area contributed by atoms with Gasteiger partial charge in [0.15, 0.2) is 0 Å². The Hall–Kier alpha value is -0.610. The van der Waals surface area contributed by atoms with Gasteiger partial charge in [-0.15, -0.1) is 0 Å². The quantitative estimate of drug-likeness (QED) is 0.875. The van der Waals surface area contributed by atoms with E-state index < -0.39 is 0 Å². The highest BCUT2D eigenvalue weighted by atomic mass is 79.9. The Balaban J connectivity index is 2.52. The van der Waals surface area contributed by atoms with Gasteiger partial charge in [-0.1, -0.05) is 29.4 Å². The monoisotopic (exact) mass is 257 g/mol. The van der Waals surface area contributed by atoms with E-state index in [4.69, 9.17) is 0 Å². The molecule has 0 saturated carbocycles. The molecule has 0 atom stereocenters. The van der Waals surface area contributed by atoms with Crippen LogP contribution in [-0.2, 0) is 20.0 Å². The molecule has 0 aromatic carbocycles. The number of rotatable bonds is 5. The van der Waals surface area contributed by atoms with Gasteiger partial charge in [-0.25, -0.2) is 0 Å². The molecule has 14 heavy (non-hydrogen) atoms. The Bertz CT molecular complexity index is 317. The van der Waals surface area contributed by atoms with E-state index in [1.54, 1.807) is 0 Å². The summed E-state index contributed by atoms with van der Waals surface area (Å²) in [5, 5.41) is 7.66. The molecule has 0 bridgehead atoms. The van der Waals surface area contributed by atoms with E-state index in [1.807, 2.05) is 11.7 Å². The number of nitrogens with one attached hydrogen (secondary N) is 1. The van der Waals surface area contributed by atoms with Crippen molar-refractivity contribution in [3.8, 4) is 0 Å². The van der Waals surface area contributed by atoms with Crippen LogP contribution in [0.5, 0.6) is 0 Å². The predicted octanol–water partition coefficient (Wildman–Crippen LogP) is 1.98. The van der Waals surface area contributed by atoms with Gasteiger partial charge in [0.25, 0.3) is 0 Å². The number of hydrogen-bond donors (Lipinski definition) is 1. The fourth-order valence-corrected chi connectivity index (χ4v) is 1.56. The van der Waals surface area contributed by atoms with Crippen LogP contribution >= 0.6 is 15.9 Å².